The third-order valence-electron chi connectivity index (χ3n) is 4.02. The van der Waals surface area contributed by atoms with E-state index in [1.807, 2.05) is 22.9 Å². The van der Waals surface area contributed by atoms with Crippen molar-refractivity contribution in [2.45, 2.75) is 25.3 Å². The maximum atomic E-state index is 12.5. The quantitative estimate of drug-likeness (QED) is 0.721. The number of nitrogens with zero attached hydrogens (tertiary/aromatic N) is 2. The molecule has 1 fully saturated rings. The fraction of sp³-hybridized carbons (Fsp3) is 0.250. The van der Waals surface area contributed by atoms with Gasteiger partial charge in [-0.2, -0.15) is 0 Å². The molecule has 1 saturated carbocycles. The SMILES string of the molecule is Cc1csc2c(=O)n([C@@H]3C[C@H]3c3ccccc3)cnc12. The van der Waals surface area contributed by atoms with Gasteiger partial charge in [-0.05, 0) is 29.9 Å². The maximum absolute atomic E-state index is 12.5. The summed E-state index contributed by atoms with van der Waals surface area (Å²) in [7, 11) is 0. The third-order valence-corrected chi connectivity index (χ3v) is 5.10. The maximum Gasteiger partial charge on any atom is 0.271 e. The number of benzene rings is 1. The zero-order valence-electron chi connectivity index (χ0n) is 11.1. The number of hydrogen-bond acceptors (Lipinski definition) is 3. The highest BCUT2D eigenvalue weighted by atomic mass is 32.1. The molecule has 0 unspecified atom stereocenters. The van der Waals surface area contributed by atoms with Gasteiger partial charge in [0.15, 0.2) is 0 Å². The predicted octanol–water partition coefficient (Wildman–Crippen LogP) is 3.50. The smallest absolute Gasteiger partial charge is 0.271 e. The molecule has 2 aromatic heterocycles. The number of aryl methyl sites for hydroxylation is 1. The number of hydrogen-bond donors (Lipinski definition) is 0. The monoisotopic (exact) mass is 282 g/mol. The number of thiophene rings is 1. The summed E-state index contributed by atoms with van der Waals surface area (Å²) in [4.78, 5) is 17.0. The topological polar surface area (TPSA) is 34.9 Å². The van der Waals surface area contributed by atoms with Crippen LogP contribution in [0.2, 0.25) is 0 Å². The second kappa shape index (κ2) is 4.28. The highest BCUT2D eigenvalue weighted by molar-refractivity contribution is 7.17. The Morgan fingerprint density at radius 1 is 1.30 bits per heavy atom. The molecule has 2 atom stereocenters. The molecule has 0 radical (unpaired) electrons. The predicted molar refractivity (Wildman–Crippen MR) is 81.5 cm³/mol. The molecule has 100 valence electrons. The van der Waals surface area contributed by atoms with E-state index in [9.17, 15) is 4.79 Å². The Labute approximate surface area is 120 Å². The molecule has 0 N–H and O–H groups in total. The van der Waals surface area contributed by atoms with Crippen LogP contribution in [0.25, 0.3) is 10.2 Å². The van der Waals surface area contributed by atoms with Gasteiger partial charge in [0, 0.05) is 12.0 Å². The number of aromatic nitrogens is 2. The van der Waals surface area contributed by atoms with E-state index in [4.69, 9.17) is 0 Å². The highest BCUT2D eigenvalue weighted by Crippen LogP contribution is 2.50. The van der Waals surface area contributed by atoms with Gasteiger partial charge in [0.05, 0.1) is 11.8 Å². The first kappa shape index (κ1) is 11.9. The van der Waals surface area contributed by atoms with Gasteiger partial charge in [0.25, 0.3) is 5.56 Å². The number of rotatable bonds is 2. The van der Waals surface area contributed by atoms with Crippen molar-refractivity contribution in [3.63, 3.8) is 0 Å². The van der Waals surface area contributed by atoms with Gasteiger partial charge in [-0.15, -0.1) is 11.3 Å². The third kappa shape index (κ3) is 1.72. The van der Waals surface area contributed by atoms with Crippen molar-refractivity contribution < 1.29 is 0 Å². The first-order chi connectivity index (χ1) is 9.75. The largest absolute Gasteiger partial charge is 0.294 e. The van der Waals surface area contributed by atoms with Gasteiger partial charge in [0.1, 0.15) is 4.70 Å². The lowest BCUT2D eigenvalue weighted by Gasteiger charge is -2.05. The highest BCUT2D eigenvalue weighted by Gasteiger charge is 2.40. The van der Waals surface area contributed by atoms with Crippen molar-refractivity contribution >= 4 is 21.6 Å². The van der Waals surface area contributed by atoms with Crippen LogP contribution in [0.4, 0.5) is 0 Å². The zero-order chi connectivity index (χ0) is 13.7. The molecule has 20 heavy (non-hydrogen) atoms. The fourth-order valence-corrected chi connectivity index (χ4v) is 3.76. The zero-order valence-corrected chi connectivity index (χ0v) is 11.9. The Hall–Kier alpha value is -1.94. The molecule has 0 amide bonds. The summed E-state index contributed by atoms with van der Waals surface area (Å²) in [6.45, 7) is 2.00. The van der Waals surface area contributed by atoms with Crippen LogP contribution >= 0.6 is 11.3 Å². The van der Waals surface area contributed by atoms with E-state index in [1.54, 1.807) is 6.33 Å². The minimum Gasteiger partial charge on any atom is -0.294 e. The summed E-state index contributed by atoms with van der Waals surface area (Å²) in [6.07, 6.45) is 2.75. The second-order valence-corrected chi connectivity index (χ2v) is 6.25. The van der Waals surface area contributed by atoms with E-state index in [0.717, 1.165) is 22.2 Å². The molecule has 1 aliphatic rings. The van der Waals surface area contributed by atoms with Crippen LogP contribution in [-0.4, -0.2) is 9.55 Å². The molecule has 4 rings (SSSR count). The molecule has 0 spiro atoms. The van der Waals surface area contributed by atoms with Crippen LogP contribution < -0.4 is 5.56 Å². The molecule has 0 saturated heterocycles. The van der Waals surface area contributed by atoms with Crippen LogP contribution in [0.1, 0.15) is 29.5 Å². The van der Waals surface area contributed by atoms with Crippen LogP contribution in [-0.2, 0) is 0 Å². The molecule has 1 aromatic carbocycles. The van der Waals surface area contributed by atoms with Crippen LogP contribution in [0.15, 0.2) is 46.8 Å². The van der Waals surface area contributed by atoms with Crippen molar-refractivity contribution in [2.75, 3.05) is 0 Å². The first-order valence-corrected chi connectivity index (χ1v) is 7.63. The molecule has 4 heteroatoms. The van der Waals surface area contributed by atoms with Crippen LogP contribution in [0.3, 0.4) is 0 Å². The first-order valence-electron chi connectivity index (χ1n) is 6.75. The average Bonchev–Trinajstić information content (AvgIpc) is 3.18. The van der Waals surface area contributed by atoms with Gasteiger partial charge in [0.2, 0.25) is 0 Å². The van der Waals surface area contributed by atoms with Crippen LogP contribution in [0.5, 0.6) is 0 Å². The summed E-state index contributed by atoms with van der Waals surface area (Å²) in [5.41, 5.74) is 3.36. The van der Waals surface area contributed by atoms with Crippen LogP contribution in [0, 0.1) is 6.92 Å². The molecule has 1 aliphatic carbocycles. The van der Waals surface area contributed by atoms with E-state index in [0.29, 0.717) is 5.92 Å². The standard InChI is InChI=1S/C16H14N2OS/c1-10-8-20-15-14(10)17-9-18(16(15)19)13-7-12(13)11-5-3-2-4-6-11/h2-6,8-9,12-13H,7H2,1H3/t12-,13+/m0/s1. The lowest BCUT2D eigenvalue weighted by atomic mass is 10.1. The molecular weight excluding hydrogens is 268 g/mol. The van der Waals surface area contributed by atoms with Crippen molar-refractivity contribution in [1.29, 1.82) is 0 Å². The van der Waals surface area contributed by atoms with E-state index in [2.05, 4.69) is 29.2 Å². The Morgan fingerprint density at radius 2 is 2.10 bits per heavy atom. The Bertz CT molecular complexity index is 835. The molecular formula is C16H14N2OS. The van der Waals surface area contributed by atoms with E-state index >= 15 is 0 Å². The van der Waals surface area contributed by atoms with Gasteiger partial charge in [-0.1, -0.05) is 30.3 Å². The molecule has 3 nitrogen and oxygen atoms in total. The van der Waals surface area contributed by atoms with Gasteiger partial charge < -0.3 is 0 Å². The van der Waals surface area contributed by atoms with Gasteiger partial charge in [-0.3, -0.25) is 9.36 Å². The van der Waals surface area contributed by atoms with Crippen molar-refractivity contribution in [1.82, 2.24) is 9.55 Å². The van der Waals surface area contributed by atoms with Crippen molar-refractivity contribution in [3.8, 4) is 0 Å². The average molecular weight is 282 g/mol. The van der Waals surface area contributed by atoms with E-state index in [-0.39, 0.29) is 11.6 Å². The lowest BCUT2D eigenvalue weighted by Crippen LogP contribution is -2.19. The summed E-state index contributed by atoms with van der Waals surface area (Å²) >= 11 is 1.50. The van der Waals surface area contributed by atoms with Crippen molar-refractivity contribution in [3.05, 3.63) is 63.5 Å². The van der Waals surface area contributed by atoms with E-state index < -0.39 is 0 Å². The second-order valence-electron chi connectivity index (χ2n) is 5.37. The fourth-order valence-electron chi connectivity index (χ4n) is 2.82. The Morgan fingerprint density at radius 3 is 2.90 bits per heavy atom. The summed E-state index contributed by atoms with van der Waals surface area (Å²) in [6, 6.07) is 10.7. The Balaban J connectivity index is 1.75. The van der Waals surface area contributed by atoms with E-state index in [1.165, 1.54) is 16.9 Å². The molecule has 3 aromatic rings. The molecule has 2 heterocycles. The normalized spacial score (nSPS) is 21.2. The number of fused-ring (bicyclic) bond motifs is 1. The minimum absolute atomic E-state index is 0.108. The van der Waals surface area contributed by atoms with Gasteiger partial charge >= 0.3 is 0 Å². The Kier molecular flexibility index (Phi) is 2.54. The lowest BCUT2D eigenvalue weighted by molar-refractivity contribution is 0.679. The minimum atomic E-state index is 0.108. The summed E-state index contributed by atoms with van der Waals surface area (Å²) < 4.78 is 2.60. The van der Waals surface area contributed by atoms with Crippen molar-refractivity contribution in [2.24, 2.45) is 0 Å². The van der Waals surface area contributed by atoms with Gasteiger partial charge in [-0.25, -0.2) is 4.98 Å². The molecule has 0 aliphatic heterocycles. The summed E-state index contributed by atoms with van der Waals surface area (Å²) in [5.74, 6) is 0.453. The summed E-state index contributed by atoms with van der Waals surface area (Å²) in [5, 5.41) is 2.00. The molecule has 0 bridgehead atoms.